The number of methoxy groups -OCH3 is 1. The third-order valence-corrected chi connectivity index (χ3v) is 4.97. The molecule has 0 amide bonds. The molecule has 7 heteroatoms. The molecule has 1 aliphatic carbocycles. The van der Waals surface area contributed by atoms with Crippen molar-refractivity contribution in [1.29, 1.82) is 0 Å². The van der Waals surface area contributed by atoms with Crippen LogP contribution in [0.15, 0.2) is 11.4 Å². The lowest BCUT2D eigenvalue weighted by Crippen LogP contribution is -2.28. The molecule has 0 radical (unpaired) electrons. The van der Waals surface area contributed by atoms with Crippen LogP contribution in [0.4, 0.5) is 0 Å². The average molecular weight is 307 g/mol. The van der Waals surface area contributed by atoms with Crippen LogP contribution in [0.1, 0.15) is 48.1 Å². The van der Waals surface area contributed by atoms with Gasteiger partial charge in [0.2, 0.25) is 0 Å². The highest BCUT2D eigenvalue weighted by Crippen LogP contribution is 2.36. The average Bonchev–Trinajstić information content (AvgIpc) is 3.15. The van der Waals surface area contributed by atoms with E-state index < -0.39 is 0 Å². The first-order valence-corrected chi connectivity index (χ1v) is 8.25. The second kappa shape index (κ2) is 6.64. The molecule has 2 unspecified atom stereocenters. The lowest BCUT2D eigenvalue weighted by Gasteiger charge is -2.24. The predicted molar refractivity (Wildman–Crippen MR) is 81.5 cm³/mol. The van der Waals surface area contributed by atoms with Gasteiger partial charge in [-0.25, -0.2) is 4.68 Å². The molecule has 1 N–H and O–H groups in total. The molecule has 0 saturated heterocycles. The lowest BCUT2D eigenvalue weighted by molar-refractivity contribution is 0.195. The van der Waals surface area contributed by atoms with Crippen molar-refractivity contribution in [2.45, 2.75) is 38.3 Å². The molecular formula is C14H21N5OS. The Hall–Kier alpha value is -1.31. The molecule has 1 aliphatic rings. The first-order valence-electron chi connectivity index (χ1n) is 7.37. The van der Waals surface area contributed by atoms with Crippen molar-refractivity contribution < 1.29 is 4.74 Å². The highest BCUT2D eigenvalue weighted by atomic mass is 32.1. The van der Waals surface area contributed by atoms with Gasteiger partial charge in [0.15, 0.2) is 5.82 Å². The van der Waals surface area contributed by atoms with Crippen molar-refractivity contribution in [3.8, 4) is 0 Å². The topological polar surface area (TPSA) is 64.9 Å². The summed E-state index contributed by atoms with van der Waals surface area (Å²) in [5, 5.41) is 18.0. The van der Waals surface area contributed by atoms with Gasteiger partial charge in [-0.3, -0.25) is 0 Å². The van der Waals surface area contributed by atoms with Crippen LogP contribution in [0, 0.1) is 0 Å². The summed E-state index contributed by atoms with van der Waals surface area (Å²) in [4.78, 5) is 1.48. The SMILES string of the molecule is COCCNC(C)c1nnnn1C1CCCc2sccc21. The smallest absolute Gasteiger partial charge is 0.168 e. The van der Waals surface area contributed by atoms with Crippen LogP contribution in [0.5, 0.6) is 0 Å². The van der Waals surface area contributed by atoms with Gasteiger partial charge in [-0.15, -0.1) is 16.4 Å². The monoisotopic (exact) mass is 307 g/mol. The van der Waals surface area contributed by atoms with E-state index in [-0.39, 0.29) is 12.1 Å². The van der Waals surface area contributed by atoms with Gasteiger partial charge in [-0.1, -0.05) is 0 Å². The molecule has 0 bridgehead atoms. The fraction of sp³-hybridized carbons (Fsp3) is 0.643. The molecule has 0 aromatic carbocycles. The molecule has 0 fully saturated rings. The lowest BCUT2D eigenvalue weighted by atomic mass is 9.94. The fourth-order valence-electron chi connectivity index (χ4n) is 2.89. The van der Waals surface area contributed by atoms with Crippen LogP contribution in [0.2, 0.25) is 0 Å². The number of rotatable bonds is 6. The third-order valence-electron chi connectivity index (χ3n) is 3.98. The van der Waals surface area contributed by atoms with Gasteiger partial charge in [0.25, 0.3) is 0 Å². The minimum absolute atomic E-state index is 0.110. The zero-order chi connectivity index (χ0) is 14.7. The van der Waals surface area contributed by atoms with Gasteiger partial charge in [-0.05, 0) is 53.6 Å². The molecule has 2 atom stereocenters. The molecule has 2 aromatic rings. The first kappa shape index (κ1) is 14.6. The van der Waals surface area contributed by atoms with Crippen LogP contribution in [0.25, 0.3) is 0 Å². The molecule has 114 valence electrons. The summed E-state index contributed by atoms with van der Waals surface area (Å²) >= 11 is 1.84. The maximum Gasteiger partial charge on any atom is 0.168 e. The highest BCUT2D eigenvalue weighted by molar-refractivity contribution is 7.10. The van der Waals surface area contributed by atoms with Crippen molar-refractivity contribution in [2.24, 2.45) is 0 Å². The summed E-state index contributed by atoms with van der Waals surface area (Å²) in [7, 11) is 1.70. The van der Waals surface area contributed by atoms with E-state index in [1.54, 1.807) is 7.11 Å². The van der Waals surface area contributed by atoms with Gasteiger partial charge in [-0.2, -0.15) is 0 Å². The maximum absolute atomic E-state index is 5.07. The Morgan fingerprint density at radius 3 is 3.33 bits per heavy atom. The number of hydrogen-bond donors (Lipinski definition) is 1. The largest absolute Gasteiger partial charge is 0.383 e. The second-order valence-corrected chi connectivity index (χ2v) is 6.36. The minimum Gasteiger partial charge on any atom is -0.383 e. The zero-order valence-electron chi connectivity index (χ0n) is 12.5. The molecule has 2 aromatic heterocycles. The summed E-state index contributed by atoms with van der Waals surface area (Å²) < 4.78 is 7.07. The number of nitrogens with zero attached hydrogens (tertiary/aromatic N) is 4. The van der Waals surface area contributed by atoms with E-state index in [9.17, 15) is 0 Å². The van der Waals surface area contributed by atoms with Crippen LogP contribution in [0.3, 0.4) is 0 Å². The Morgan fingerprint density at radius 1 is 1.57 bits per heavy atom. The van der Waals surface area contributed by atoms with Gasteiger partial charge in [0.1, 0.15) is 0 Å². The molecule has 21 heavy (non-hydrogen) atoms. The number of hydrogen-bond acceptors (Lipinski definition) is 6. The summed E-state index contributed by atoms with van der Waals surface area (Å²) in [5.41, 5.74) is 1.39. The number of thiophene rings is 1. The fourth-order valence-corrected chi connectivity index (χ4v) is 3.87. The summed E-state index contributed by atoms with van der Waals surface area (Å²) in [6.07, 6.45) is 3.48. The van der Waals surface area contributed by atoms with Crippen LogP contribution in [-0.2, 0) is 11.2 Å². The second-order valence-electron chi connectivity index (χ2n) is 5.36. The van der Waals surface area contributed by atoms with E-state index in [2.05, 4.69) is 39.2 Å². The molecular weight excluding hydrogens is 286 g/mol. The van der Waals surface area contributed by atoms with E-state index in [1.165, 1.54) is 23.3 Å². The summed E-state index contributed by atoms with van der Waals surface area (Å²) in [6.45, 7) is 3.57. The third kappa shape index (κ3) is 3.00. The Labute approximate surface area is 128 Å². The Morgan fingerprint density at radius 2 is 2.48 bits per heavy atom. The first-order chi connectivity index (χ1) is 10.3. The minimum atomic E-state index is 0.110. The van der Waals surface area contributed by atoms with E-state index in [4.69, 9.17) is 4.74 Å². The van der Waals surface area contributed by atoms with Crippen molar-refractivity contribution in [1.82, 2.24) is 25.5 Å². The van der Waals surface area contributed by atoms with Crippen molar-refractivity contribution in [2.75, 3.05) is 20.3 Å². The number of aryl methyl sites for hydroxylation is 1. The molecule has 0 spiro atoms. The van der Waals surface area contributed by atoms with Crippen LogP contribution >= 0.6 is 11.3 Å². The molecule has 0 aliphatic heterocycles. The van der Waals surface area contributed by atoms with E-state index in [0.29, 0.717) is 6.61 Å². The van der Waals surface area contributed by atoms with Crippen LogP contribution in [-0.4, -0.2) is 40.5 Å². The van der Waals surface area contributed by atoms with E-state index in [1.807, 2.05) is 16.0 Å². The Bertz CT molecular complexity index is 581. The predicted octanol–water partition coefficient (Wildman–Crippen LogP) is 1.96. The van der Waals surface area contributed by atoms with Crippen LogP contribution < -0.4 is 5.32 Å². The van der Waals surface area contributed by atoms with Gasteiger partial charge in [0.05, 0.1) is 18.7 Å². The maximum atomic E-state index is 5.07. The van der Waals surface area contributed by atoms with Crippen molar-refractivity contribution in [3.63, 3.8) is 0 Å². The number of ether oxygens (including phenoxy) is 1. The molecule has 2 heterocycles. The molecule has 3 rings (SSSR count). The summed E-state index contributed by atoms with van der Waals surface area (Å²) in [6, 6.07) is 2.61. The van der Waals surface area contributed by atoms with Gasteiger partial charge >= 0.3 is 0 Å². The number of nitrogens with one attached hydrogen (secondary N) is 1. The van der Waals surface area contributed by atoms with Crippen molar-refractivity contribution >= 4 is 11.3 Å². The quantitative estimate of drug-likeness (QED) is 0.827. The van der Waals surface area contributed by atoms with E-state index in [0.717, 1.165) is 18.8 Å². The Kier molecular flexibility index (Phi) is 4.62. The highest BCUT2D eigenvalue weighted by Gasteiger charge is 2.27. The van der Waals surface area contributed by atoms with Gasteiger partial charge in [0, 0.05) is 18.5 Å². The Balaban J connectivity index is 1.80. The number of tetrazole rings is 1. The molecule has 0 saturated carbocycles. The normalized spacial score (nSPS) is 19.4. The standard InChI is InChI=1S/C14H21N5OS/c1-10(15-7-8-20-2)14-16-17-18-19(14)12-4-3-5-13-11(12)6-9-21-13/h6,9-10,12,15H,3-5,7-8H2,1-2H3. The number of fused-ring (bicyclic) bond motifs is 1. The zero-order valence-corrected chi connectivity index (χ0v) is 13.3. The van der Waals surface area contributed by atoms with Crippen molar-refractivity contribution in [3.05, 3.63) is 27.7 Å². The van der Waals surface area contributed by atoms with Gasteiger partial charge < -0.3 is 10.1 Å². The molecule has 6 nitrogen and oxygen atoms in total. The van der Waals surface area contributed by atoms with E-state index >= 15 is 0 Å². The summed E-state index contributed by atoms with van der Waals surface area (Å²) in [5.74, 6) is 0.898. The number of aromatic nitrogens is 4.